The van der Waals surface area contributed by atoms with Gasteiger partial charge in [-0.05, 0) is 78.6 Å². The average Bonchev–Trinajstić information content (AvgIpc) is 2.38. The SMILES string of the molecule is CCc1c(C)cc(Cc2cc(C)c(CC)c(N)c2)cc1N. The third-order valence-corrected chi connectivity index (χ3v) is 4.25. The largest absolute Gasteiger partial charge is 0.398 e. The first-order valence-electron chi connectivity index (χ1n) is 7.72. The Morgan fingerprint density at radius 1 is 0.714 bits per heavy atom. The van der Waals surface area contributed by atoms with E-state index in [1.165, 1.54) is 33.4 Å². The second kappa shape index (κ2) is 6.21. The molecule has 21 heavy (non-hydrogen) atoms. The first-order chi connectivity index (χ1) is 9.96. The van der Waals surface area contributed by atoms with Crippen molar-refractivity contribution in [1.82, 2.24) is 0 Å². The molecule has 0 bridgehead atoms. The highest BCUT2D eigenvalue weighted by molar-refractivity contribution is 5.56. The quantitative estimate of drug-likeness (QED) is 0.826. The van der Waals surface area contributed by atoms with Crippen molar-refractivity contribution in [2.75, 3.05) is 11.5 Å². The molecule has 0 saturated carbocycles. The smallest absolute Gasteiger partial charge is 0.0352 e. The maximum Gasteiger partial charge on any atom is 0.0352 e. The van der Waals surface area contributed by atoms with E-state index in [0.29, 0.717) is 0 Å². The monoisotopic (exact) mass is 282 g/mol. The van der Waals surface area contributed by atoms with Crippen molar-refractivity contribution >= 4 is 11.4 Å². The molecule has 0 aromatic heterocycles. The second-order valence-electron chi connectivity index (χ2n) is 5.84. The van der Waals surface area contributed by atoms with E-state index in [1.54, 1.807) is 0 Å². The Balaban J connectivity index is 2.35. The highest BCUT2D eigenvalue weighted by Gasteiger charge is 2.08. The lowest BCUT2D eigenvalue weighted by molar-refractivity contribution is 1.08. The first-order valence-corrected chi connectivity index (χ1v) is 7.72. The second-order valence-corrected chi connectivity index (χ2v) is 5.84. The summed E-state index contributed by atoms with van der Waals surface area (Å²) in [6.07, 6.45) is 2.84. The van der Waals surface area contributed by atoms with Gasteiger partial charge in [-0.3, -0.25) is 0 Å². The Bertz CT molecular complexity index is 553. The first kappa shape index (κ1) is 15.4. The van der Waals surface area contributed by atoms with Crippen molar-refractivity contribution in [2.45, 2.75) is 47.0 Å². The lowest BCUT2D eigenvalue weighted by Crippen LogP contribution is -2.01. The van der Waals surface area contributed by atoms with Gasteiger partial charge >= 0.3 is 0 Å². The van der Waals surface area contributed by atoms with E-state index in [4.69, 9.17) is 11.5 Å². The Kier molecular flexibility index (Phi) is 4.56. The number of hydrogen-bond acceptors (Lipinski definition) is 2. The van der Waals surface area contributed by atoms with E-state index >= 15 is 0 Å². The highest BCUT2D eigenvalue weighted by Crippen LogP contribution is 2.25. The fourth-order valence-electron chi connectivity index (χ4n) is 3.25. The molecule has 0 atom stereocenters. The van der Waals surface area contributed by atoms with Gasteiger partial charge in [0, 0.05) is 11.4 Å². The van der Waals surface area contributed by atoms with Gasteiger partial charge in [-0.25, -0.2) is 0 Å². The van der Waals surface area contributed by atoms with E-state index < -0.39 is 0 Å². The van der Waals surface area contributed by atoms with Crippen molar-refractivity contribution < 1.29 is 0 Å². The lowest BCUT2D eigenvalue weighted by Gasteiger charge is -2.13. The predicted octanol–water partition coefficient (Wildman–Crippen LogP) is 4.18. The number of aryl methyl sites for hydroxylation is 2. The molecular formula is C19H26N2. The van der Waals surface area contributed by atoms with Crippen LogP contribution in [0.1, 0.15) is 47.2 Å². The number of nitrogens with two attached hydrogens (primary N) is 2. The molecule has 0 saturated heterocycles. The van der Waals surface area contributed by atoms with E-state index in [9.17, 15) is 0 Å². The molecule has 0 fully saturated rings. The maximum absolute atomic E-state index is 6.17. The van der Waals surface area contributed by atoms with Crippen LogP contribution in [0.3, 0.4) is 0 Å². The number of anilines is 2. The van der Waals surface area contributed by atoms with Crippen molar-refractivity contribution in [2.24, 2.45) is 0 Å². The molecule has 0 unspecified atom stereocenters. The van der Waals surface area contributed by atoms with Crippen LogP contribution in [0.15, 0.2) is 24.3 Å². The molecule has 0 aliphatic rings. The van der Waals surface area contributed by atoms with Crippen molar-refractivity contribution in [3.05, 3.63) is 57.6 Å². The number of nitrogen functional groups attached to an aromatic ring is 2. The Morgan fingerprint density at radius 3 is 1.38 bits per heavy atom. The Hall–Kier alpha value is -1.96. The molecule has 0 spiro atoms. The Labute approximate surface area is 128 Å². The van der Waals surface area contributed by atoms with Gasteiger partial charge in [-0.1, -0.05) is 26.0 Å². The van der Waals surface area contributed by atoms with Crippen LogP contribution in [0.4, 0.5) is 11.4 Å². The van der Waals surface area contributed by atoms with Crippen molar-refractivity contribution in [1.29, 1.82) is 0 Å². The lowest BCUT2D eigenvalue weighted by atomic mass is 9.94. The summed E-state index contributed by atoms with van der Waals surface area (Å²) in [5.41, 5.74) is 21.7. The fraction of sp³-hybridized carbons (Fsp3) is 0.368. The van der Waals surface area contributed by atoms with E-state index in [2.05, 4.69) is 52.0 Å². The van der Waals surface area contributed by atoms with Gasteiger partial charge in [0.05, 0.1) is 0 Å². The standard InChI is InChI=1S/C19H26N2/c1-5-16-12(3)7-14(10-18(16)20)9-15-8-13(4)17(6-2)19(21)11-15/h7-8,10-11H,5-6,9,20-21H2,1-4H3. The number of rotatable bonds is 4. The summed E-state index contributed by atoms with van der Waals surface area (Å²) in [6.45, 7) is 8.56. The van der Waals surface area contributed by atoms with E-state index in [-0.39, 0.29) is 0 Å². The van der Waals surface area contributed by atoms with Crippen molar-refractivity contribution in [3.63, 3.8) is 0 Å². The van der Waals surface area contributed by atoms with Crippen LogP contribution in [0.2, 0.25) is 0 Å². The van der Waals surface area contributed by atoms with E-state index in [1.807, 2.05) is 0 Å². The zero-order valence-electron chi connectivity index (χ0n) is 13.6. The molecule has 0 amide bonds. The molecule has 112 valence electrons. The van der Waals surface area contributed by atoms with Crippen LogP contribution in [0.25, 0.3) is 0 Å². The van der Waals surface area contributed by atoms with Crippen LogP contribution in [0.5, 0.6) is 0 Å². The fourth-order valence-corrected chi connectivity index (χ4v) is 3.25. The zero-order valence-corrected chi connectivity index (χ0v) is 13.6. The van der Waals surface area contributed by atoms with Gasteiger partial charge in [0.25, 0.3) is 0 Å². The Morgan fingerprint density at radius 2 is 1.10 bits per heavy atom. The summed E-state index contributed by atoms with van der Waals surface area (Å²) < 4.78 is 0. The molecule has 0 radical (unpaired) electrons. The summed E-state index contributed by atoms with van der Waals surface area (Å²) in [5, 5.41) is 0. The summed E-state index contributed by atoms with van der Waals surface area (Å²) in [7, 11) is 0. The summed E-state index contributed by atoms with van der Waals surface area (Å²) in [6, 6.07) is 8.69. The van der Waals surface area contributed by atoms with Crippen LogP contribution in [0, 0.1) is 13.8 Å². The normalized spacial score (nSPS) is 10.9. The number of hydrogen-bond donors (Lipinski definition) is 2. The summed E-state index contributed by atoms with van der Waals surface area (Å²) in [4.78, 5) is 0. The third kappa shape index (κ3) is 3.21. The minimum Gasteiger partial charge on any atom is -0.398 e. The molecule has 2 rings (SSSR count). The molecule has 0 aliphatic carbocycles. The van der Waals surface area contributed by atoms with Gasteiger partial charge < -0.3 is 11.5 Å². The number of benzene rings is 2. The molecule has 2 nitrogen and oxygen atoms in total. The topological polar surface area (TPSA) is 52.0 Å². The van der Waals surface area contributed by atoms with Gasteiger partial charge in [0.2, 0.25) is 0 Å². The molecule has 2 aromatic rings. The molecule has 2 heteroatoms. The maximum atomic E-state index is 6.17. The molecule has 0 heterocycles. The summed E-state index contributed by atoms with van der Waals surface area (Å²) in [5.74, 6) is 0. The summed E-state index contributed by atoms with van der Waals surface area (Å²) >= 11 is 0. The van der Waals surface area contributed by atoms with Crippen LogP contribution >= 0.6 is 0 Å². The zero-order chi connectivity index (χ0) is 15.6. The predicted molar refractivity (Wildman–Crippen MR) is 92.7 cm³/mol. The van der Waals surface area contributed by atoms with Crippen molar-refractivity contribution in [3.8, 4) is 0 Å². The van der Waals surface area contributed by atoms with Crippen LogP contribution in [-0.4, -0.2) is 0 Å². The van der Waals surface area contributed by atoms with Crippen LogP contribution in [-0.2, 0) is 19.3 Å². The van der Waals surface area contributed by atoms with E-state index in [0.717, 1.165) is 30.6 Å². The molecule has 2 aromatic carbocycles. The van der Waals surface area contributed by atoms with Gasteiger partial charge in [0.15, 0.2) is 0 Å². The average molecular weight is 282 g/mol. The van der Waals surface area contributed by atoms with Crippen LogP contribution < -0.4 is 11.5 Å². The third-order valence-electron chi connectivity index (χ3n) is 4.25. The minimum atomic E-state index is 0.879. The highest BCUT2D eigenvalue weighted by atomic mass is 14.6. The molecule has 4 N–H and O–H groups in total. The van der Waals surface area contributed by atoms with Gasteiger partial charge in [-0.2, -0.15) is 0 Å². The minimum absolute atomic E-state index is 0.879. The molecule has 0 aliphatic heterocycles. The van der Waals surface area contributed by atoms with Gasteiger partial charge in [-0.15, -0.1) is 0 Å². The van der Waals surface area contributed by atoms with Gasteiger partial charge in [0.1, 0.15) is 0 Å². The molecular weight excluding hydrogens is 256 g/mol.